The molecule has 3 nitrogen and oxygen atoms in total. The molecule has 1 rings (SSSR count). The molecule has 1 atom stereocenters. The Hall–Kier alpha value is -0.290. The highest BCUT2D eigenvalue weighted by atomic mass is 35.7. The lowest BCUT2D eigenvalue weighted by Gasteiger charge is -2.19. The third-order valence-electron chi connectivity index (χ3n) is 2.87. The molecular weight excluding hydrogens is 307 g/mol. The zero-order valence-corrected chi connectivity index (χ0v) is 13.3. The Kier molecular flexibility index (Phi) is 6.60. The van der Waals surface area contributed by atoms with E-state index < -0.39 is 9.05 Å². The molecule has 6 heteroatoms. The smallest absolute Gasteiger partial charge is 0.232 e. The van der Waals surface area contributed by atoms with Gasteiger partial charge in [0.15, 0.2) is 0 Å². The predicted octanol–water partition coefficient (Wildman–Crippen LogP) is 3.70. The van der Waals surface area contributed by atoms with Crippen molar-refractivity contribution in [2.75, 3.05) is 12.4 Å². The SMILES string of the molecule is CC(C)C(COCc1ccc(Cl)cc1)CS(=O)(=O)Cl. The van der Waals surface area contributed by atoms with Gasteiger partial charge in [0, 0.05) is 15.7 Å². The van der Waals surface area contributed by atoms with Crippen LogP contribution in [-0.2, 0) is 20.4 Å². The zero-order valence-electron chi connectivity index (χ0n) is 11.0. The first-order valence-corrected chi connectivity index (χ1v) is 8.88. The highest BCUT2D eigenvalue weighted by molar-refractivity contribution is 8.13. The average Bonchev–Trinajstić information content (AvgIpc) is 2.28. The van der Waals surface area contributed by atoms with Crippen LogP contribution in [0, 0.1) is 11.8 Å². The Bertz CT molecular complexity index is 483. The molecule has 0 N–H and O–H groups in total. The molecule has 0 saturated carbocycles. The van der Waals surface area contributed by atoms with E-state index in [1.165, 1.54) is 0 Å². The van der Waals surface area contributed by atoms with Gasteiger partial charge in [0.2, 0.25) is 9.05 Å². The molecule has 0 spiro atoms. The zero-order chi connectivity index (χ0) is 14.5. The monoisotopic (exact) mass is 324 g/mol. The van der Waals surface area contributed by atoms with Crippen LogP contribution in [0.3, 0.4) is 0 Å². The largest absolute Gasteiger partial charge is 0.376 e. The Morgan fingerprint density at radius 2 is 1.79 bits per heavy atom. The van der Waals surface area contributed by atoms with Gasteiger partial charge in [-0.1, -0.05) is 37.6 Å². The first-order valence-electron chi connectivity index (χ1n) is 6.02. The maximum atomic E-state index is 11.1. The van der Waals surface area contributed by atoms with Crippen LogP contribution in [-0.4, -0.2) is 20.8 Å². The normalized spacial score (nSPS) is 13.7. The van der Waals surface area contributed by atoms with Gasteiger partial charge in [0.25, 0.3) is 0 Å². The molecule has 1 aromatic carbocycles. The van der Waals surface area contributed by atoms with Crippen molar-refractivity contribution in [2.24, 2.45) is 11.8 Å². The third-order valence-corrected chi connectivity index (χ3v) is 4.33. The van der Waals surface area contributed by atoms with Gasteiger partial charge in [-0.3, -0.25) is 0 Å². The van der Waals surface area contributed by atoms with E-state index in [9.17, 15) is 8.42 Å². The predicted molar refractivity (Wildman–Crippen MR) is 79.1 cm³/mol. The van der Waals surface area contributed by atoms with Crippen LogP contribution in [0.25, 0.3) is 0 Å². The van der Waals surface area contributed by atoms with Crippen LogP contribution in [0.15, 0.2) is 24.3 Å². The molecule has 0 aliphatic rings. The van der Waals surface area contributed by atoms with E-state index in [-0.39, 0.29) is 17.6 Å². The standard InChI is InChI=1S/C13H18Cl2O3S/c1-10(2)12(9-19(15,16)17)8-18-7-11-3-5-13(14)6-4-11/h3-6,10,12H,7-9H2,1-2H3. The van der Waals surface area contributed by atoms with Crippen LogP contribution in [0.1, 0.15) is 19.4 Å². The molecular formula is C13H18Cl2O3S. The lowest BCUT2D eigenvalue weighted by molar-refractivity contribution is 0.0791. The van der Waals surface area contributed by atoms with E-state index in [4.69, 9.17) is 27.0 Å². The summed E-state index contributed by atoms with van der Waals surface area (Å²) in [4.78, 5) is 0. The second kappa shape index (κ2) is 7.48. The van der Waals surface area contributed by atoms with Gasteiger partial charge in [0.05, 0.1) is 19.0 Å². The minimum atomic E-state index is -3.49. The molecule has 0 aliphatic heterocycles. The average molecular weight is 325 g/mol. The fourth-order valence-corrected chi connectivity index (χ4v) is 3.20. The molecule has 1 aromatic rings. The number of rotatable bonds is 7. The fourth-order valence-electron chi connectivity index (χ4n) is 1.60. The Balaban J connectivity index is 2.46. The van der Waals surface area contributed by atoms with Crippen molar-refractivity contribution in [1.82, 2.24) is 0 Å². The lowest BCUT2D eigenvalue weighted by Crippen LogP contribution is -2.23. The molecule has 0 heterocycles. The van der Waals surface area contributed by atoms with Crippen molar-refractivity contribution in [1.29, 1.82) is 0 Å². The van der Waals surface area contributed by atoms with E-state index in [0.29, 0.717) is 18.2 Å². The summed E-state index contributed by atoms with van der Waals surface area (Å²) in [6.07, 6.45) is 0. The Labute approximate surface area is 124 Å². The summed E-state index contributed by atoms with van der Waals surface area (Å²) in [6, 6.07) is 7.35. The van der Waals surface area contributed by atoms with Gasteiger partial charge in [-0.2, -0.15) is 0 Å². The van der Waals surface area contributed by atoms with E-state index >= 15 is 0 Å². The molecule has 0 bridgehead atoms. The summed E-state index contributed by atoms with van der Waals surface area (Å²) in [7, 11) is 1.79. The quantitative estimate of drug-likeness (QED) is 0.718. The summed E-state index contributed by atoms with van der Waals surface area (Å²) < 4.78 is 27.8. The molecule has 0 fully saturated rings. The first kappa shape index (κ1) is 16.8. The molecule has 19 heavy (non-hydrogen) atoms. The van der Waals surface area contributed by atoms with Gasteiger partial charge < -0.3 is 4.74 Å². The Morgan fingerprint density at radius 1 is 1.21 bits per heavy atom. The Morgan fingerprint density at radius 3 is 2.26 bits per heavy atom. The molecule has 0 amide bonds. The number of hydrogen-bond donors (Lipinski definition) is 0. The number of benzene rings is 1. The van der Waals surface area contributed by atoms with E-state index in [0.717, 1.165) is 5.56 Å². The minimum Gasteiger partial charge on any atom is -0.376 e. The summed E-state index contributed by atoms with van der Waals surface area (Å²) in [6.45, 7) is 4.71. The minimum absolute atomic E-state index is 0.0627. The van der Waals surface area contributed by atoms with Crippen molar-refractivity contribution in [3.05, 3.63) is 34.9 Å². The van der Waals surface area contributed by atoms with E-state index in [1.807, 2.05) is 26.0 Å². The first-order chi connectivity index (χ1) is 8.78. The number of hydrogen-bond acceptors (Lipinski definition) is 3. The van der Waals surface area contributed by atoms with Crippen molar-refractivity contribution in [2.45, 2.75) is 20.5 Å². The van der Waals surface area contributed by atoms with Gasteiger partial charge in [0.1, 0.15) is 0 Å². The molecule has 108 valence electrons. The maximum Gasteiger partial charge on any atom is 0.232 e. The van der Waals surface area contributed by atoms with Crippen LogP contribution < -0.4 is 0 Å². The summed E-state index contributed by atoms with van der Waals surface area (Å²) >= 11 is 5.79. The highest BCUT2D eigenvalue weighted by Gasteiger charge is 2.20. The summed E-state index contributed by atoms with van der Waals surface area (Å²) in [5.41, 5.74) is 1.00. The van der Waals surface area contributed by atoms with Crippen LogP contribution >= 0.6 is 22.3 Å². The van der Waals surface area contributed by atoms with Gasteiger partial charge in [-0.15, -0.1) is 0 Å². The number of ether oxygens (including phenoxy) is 1. The second-order valence-corrected chi connectivity index (χ2v) is 8.11. The summed E-state index contributed by atoms with van der Waals surface area (Å²) in [5, 5.41) is 0.678. The maximum absolute atomic E-state index is 11.1. The second-order valence-electron chi connectivity index (χ2n) is 4.85. The number of halogens is 2. The van der Waals surface area contributed by atoms with Crippen LogP contribution in [0.4, 0.5) is 0 Å². The van der Waals surface area contributed by atoms with Gasteiger partial charge in [-0.05, 0) is 29.5 Å². The molecule has 0 aromatic heterocycles. The fraction of sp³-hybridized carbons (Fsp3) is 0.538. The highest BCUT2D eigenvalue weighted by Crippen LogP contribution is 2.17. The molecule has 0 saturated heterocycles. The lowest BCUT2D eigenvalue weighted by atomic mass is 9.99. The van der Waals surface area contributed by atoms with Gasteiger partial charge >= 0.3 is 0 Å². The van der Waals surface area contributed by atoms with Crippen LogP contribution in [0.2, 0.25) is 5.02 Å². The topological polar surface area (TPSA) is 43.4 Å². The molecule has 1 unspecified atom stereocenters. The van der Waals surface area contributed by atoms with Crippen LogP contribution in [0.5, 0.6) is 0 Å². The van der Waals surface area contributed by atoms with E-state index in [2.05, 4.69) is 0 Å². The third kappa shape index (κ3) is 7.16. The van der Waals surface area contributed by atoms with E-state index in [1.54, 1.807) is 12.1 Å². The van der Waals surface area contributed by atoms with Crippen molar-refractivity contribution >= 4 is 31.3 Å². The molecule has 0 radical (unpaired) electrons. The molecule has 0 aliphatic carbocycles. The van der Waals surface area contributed by atoms with Crippen molar-refractivity contribution in [3.63, 3.8) is 0 Å². The van der Waals surface area contributed by atoms with Crippen molar-refractivity contribution in [3.8, 4) is 0 Å². The summed E-state index contributed by atoms with van der Waals surface area (Å²) in [5.74, 6) is 0.0286. The van der Waals surface area contributed by atoms with Crippen molar-refractivity contribution < 1.29 is 13.2 Å². The van der Waals surface area contributed by atoms with Gasteiger partial charge in [-0.25, -0.2) is 8.42 Å².